The molecule has 0 aromatic rings. The number of fused-ring (bicyclic) bond motifs is 3. The molecule has 2 aliphatic rings. The average molecular weight is 254 g/mol. The molecule has 0 aromatic heterocycles. The van der Waals surface area contributed by atoms with E-state index in [4.69, 9.17) is 0 Å². The standard InChI is InChI=1S/C14H30N4/c1-16-7-3-8-18-10-5-14(4-9-16)15-6-11-17(2)12-13-18/h14-15H,3-13H2,1-2H3. The van der Waals surface area contributed by atoms with Crippen LogP contribution in [0.1, 0.15) is 19.3 Å². The van der Waals surface area contributed by atoms with Gasteiger partial charge >= 0.3 is 0 Å². The molecule has 2 heterocycles. The lowest BCUT2D eigenvalue weighted by Gasteiger charge is -2.33. The van der Waals surface area contributed by atoms with E-state index in [1.54, 1.807) is 0 Å². The Morgan fingerprint density at radius 2 is 1.56 bits per heavy atom. The van der Waals surface area contributed by atoms with Crippen LogP contribution >= 0.6 is 0 Å². The minimum atomic E-state index is 0.708. The van der Waals surface area contributed by atoms with E-state index >= 15 is 0 Å². The first kappa shape index (κ1) is 14.3. The molecular formula is C14H30N4. The van der Waals surface area contributed by atoms with Gasteiger partial charge < -0.3 is 20.0 Å². The molecule has 18 heavy (non-hydrogen) atoms. The fraction of sp³-hybridized carbons (Fsp3) is 1.00. The van der Waals surface area contributed by atoms with Gasteiger partial charge in [-0.2, -0.15) is 0 Å². The van der Waals surface area contributed by atoms with Gasteiger partial charge in [0, 0.05) is 32.2 Å². The van der Waals surface area contributed by atoms with E-state index in [2.05, 4.69) is 34.1 Å². The number of nitrogens with zero attached hydrogens (tertiary/aromatic N) is 3. The van der Waals surface area contributed by atoms with Crippen LogP contribution in [0.5, 0.6) is 0 Å². The molecule has 0 spiro atoms. The van der Waals surface area contributed by atoms with E-state index in [9.17, 15) is 0 Å². The average Bonchev–Trinajstić information content (AvgIpc) is 2.37. The zero-order valence-corrected chi connectivity index (χ0v) is 12.2. The topological polar surface area (TPSA) is 21.8 Å². The Hall–Kier alpha value is -0.160. The van der Waals surface area contributed by atoms with Gasteiger partial charge in [0.05, 0.1) is 0 Å². The molecule has 1 N–H and O–H groups in total. The van der Waals surface area contributed by atoms with Gasteiger partial charge in [-0.05, 0) is 59.5 Å². The molecule has 2 saturated heterocycles. The molecule has 0 saturated carbocycles. The van der Waals surface area contributed by atoms with Gasteiger partial charge in [-0.1, -0.05) is 0 Å². The summed E-state index contributed by atoms with van der Waals surface area (Å²) in [6, 6.07) is 0.708. The monoisotopic (exact) mass is 254 g/mol. The number of hydrogen-bond acceptors (Lipinski definition) is 4. The Balaban J connectivity index is 1.95. The molecule has 0 radical (unpaired) electrons. The Morgan fingerprint density at radius 1 is 0.778 bits per heavy atom. The van der Waals surface area contributed by atoms with Crippen LogP contribution in [0.25, 0.3) is 0 Å². The second kappa shape index (κ2) is 7.43. The third-order valence-corrected chi connectivity index (χ3v) is 4.39. The van der Waals surface area contributed by atoms with Crippen LogP contribution in [0.4, 0.5) is 0 Å². The maximum absolute atomic E-state index is 3.75. The molecule has 2 atom stereocenters. The molecular weight excluding hydrogens is 224 g/mol. The van der Waals surface area contributed by atoms with Gasteiger partial charge in [-0.15, -0.1) is 0 Å². The van der Waals surface area contributed by atoms with E-state index in [1.165, 1.54) is 65.1 Å². The summed E-state index contributed by atoms with van der Waals surface area (Å²) in [5.41, 5.74) is 0. The molecule has 2 rings (SSSR count). The predicted octanol–water partition coefficient (Wildman–Crippen LogP) is 0.308. The molecule has 2 fully saturated rings. The Kier molecular flexibility index (Phi) is 5.89. The number of nitrogens with one attached hydrogen (secondary N) is 1. The summed E-state index contributed by atoms with van der Waals surface area (Å²) in [6.07, 6.45) is 3.93. The van der Waals surface area contributed by atoms with E-state index in [0.29, 0.717) is 6.04 Å². The van der Waals surface area contributed by atoms with Crippen LogP contribution in [-0.2, 0) is 0 Å². The fourth-order valence-corrected chi connectivity index (χ4v) is 2.96. The third kappa shape index (κ3) is 4.84. The zero-order valence-electron chi connectivity index (χ0n) is 12.2. The number of rotatable bonds is 0. The second-order valence-corrected chi connectivity index (χ2v) is 6.03. The summed E-state index contributed by atoms with van der Waals surface area (Å²) in [5.74, 6) is 0. The Labute approximate surface area is 112 Å². The molecule has 0 aliphatic carbocycles. The Bertz CT molecular complexity index is 210. The summed E-state index contributed by atoms with van der Waals surface area (Å²) in [6.45, 7) is 9.81. The fourth-order valence-electron chi connectivity index (χ4n) is 2.96. The maximum atomic E-state index is 3.75. The maximum Gasteiger partial charge on any atom is 0.0109 e. The van der Waals surface area contributed by atoms with Crippen LogP contribution in [0.2, 0.25) is 0 Å². The van der Waals surface area contributed by atoms with Crippen molar-refractivity contribution in [2.24, 2.45) is 0 Å². The van der Waals surface area contributed by atoms with Gasteiger partial charge in [-0.25, -0.2) is 0 Å². The SMILES string of the molecule is CN1CCCN2CCC(CC1)NCCN(C)CC2. The van der Waals surface area contributed by atoms with Gasteiger partial charge in [0.15, 0.2) is 0 Å². The van der Waals surface area contributed by atoms with Crippen LogP contribution in [0, 0.1) is 0 Å². The van der Waals surface area contributed by atoms with Gasteiger partial charge in [0.1, 0.15) is 0 Å². The summed E-state index contributed by atoms with van der Waals surface area (Å²) < 4.78 is 0. The van der Waals surface area contributed by atoms with E-state index in [-0.39, 0.29) is 0 Å². The zero-order chi connectivity index (χ0) is 12.8. The minimum absolute atomic E-state index is 0.708. The molecule has 2 aliphatic heterocycles. The second-order valence-electron chi connectivity index (χ2n) is 6.03. The predicted molar refractivity (Wildman–Crippen MR) is 77.1 cm³/mol. The van der Waals surface area contributed by atoms with E-state index in [0.717, 1.165) is 6.54 Å². The Morgan fingerprint density at radius 3 is 2.44 bits per heavy atom. The summed E-state index contributed by atoms with van der Waals surface area (Å²) in [4.78, 5) is 7.62. The van der Waals surface area contributed by atoms with Crippen molar-refractivity contribution in [3.8, 4) is 0 Å². The quantitative estimate of drug-likeness (QED) is 0.671. The molecule has 2 bridgehead atoms. The number of likely N-dealkylation sites (N-methyl/N-ethyl adjacent to an activating group) is 1. The van der Waals surface area contributed by atoms with Crippen molar-refractivity contribution in [1.29, 1.82) is 0 Å². The van der Waals surface area contributed by atoms with Crippen molar-refractivity contribution >= 4 is 0 Å². The van der Waals surface area contributed by atoms with E-state index < -0.39 is 0 Å². The lowest BCUT2D eigenvalue weighted by atomic mass is 10.1. The van der Waals surface area contributed by atoms with Crippen molar-refractivity contribution in [1.82, 2.24) is 20.0 Å². The lowest BCUT2D eigenvalue weighted by molar-refractivity contribution is 0.175. The van der Waals surface area contributed by atoms with Crippen molar-refractivity contribution in [3.63, 3.8) is 0 Å². The van der Waals surface area contributed by atoms with Crippen LogP contribution in [0.15, 0.2) is 0 Å². The van der Waals surface area contributed by atoms with Gasteiger partial charge in [0.2, 0.25) is 0 Å². The molecule has 2 unspecified atom stereocenters. The van der Waals surface area contributed by atoms with Gasteiger partial charge in [-0.3, -0.25) is 0 Å². The first-order valence-electron chi connectivity index (χ1n) is 7.57. The molecule has 4 heteroatoms. The van der Waals surface area contributed by atoms with Crippen molar-refractivity contribution < 1.29 is 0 Å². The minimum Gasteiger partial charge on any atom is -0.313 e. The van der Waals surface area contributed by atoms with E-state index in [1.807, 2.05) is 0 Å². The normalized spacial score (nSPS) is 34.3. The molecule has 0 aromatic carbocycles. The molecule has 4 nitrogen and oxygen atoms in total. The highest BCUT2D eigenvalue weighted by Crippen LogP contribution is 2.07. The largest absolute Gasteiger partial charge is 0.313 e. The highest BCUT2D eigenvalue weighted by Gasteiger charge is 2.16. The summed E-state index contributed by atoms with van der Waals surface area (Å²) in [5, 5.41) is 3.75. The smallest absolute Gasteiger partial charge is 0.0109 e. The van der Waals surface area contributed by atoms with Crippen molar-refractivity contribution in [2.45, 2.75) is 25.3 Å². The third-order valence-electron chi connectivity index (χ3n) is 4.39. The number of hydrogen-bond donors (Lipinski definition) is 1. The summed E-state index contributed by atoms with van der Waals surface area (Å²) >= 11 is 0. The van der Waals surface area contributed by atoms with Crippen molar-refractivity contribution in [2.75, 3.05) is 66.5 Å². The highest BCUT2D eigenvalue weighted by molar-refractivity contribution is 4.76. The first-order chi connectivity index (χ1) is 8.74. The molecule has 0 amide bonds. The molecule has 106 valence electrons. The first-order valence-corrected chi connectivity index (χ1v) is 7.57. The van der Waals surface area contributed by atoms with Gasteiger partial charge in [0.25, 0.3) is 0 Å². The lowest BCUT2D eigenvalue weighted by Crippen LogP contribution is -2.45. The summed E-state index contributed by atoms with van der Waals surface area (Å²) in [7, 11) is 4.51. The van der Waals surface area contributed by atoms with Crippen LogP contribution < -0.4 is 5.32 Å². The highest BCUT2D eigenvalue weighted by atomic mass is 15.2. The van der Waals surface area contributed by atoms with Crippen LogP contribution in [0.3, 0.4) is 0 Å². The van der Waals surface area contributed by atoms with Crippen LogP contribution in [-0.4, -0.2) is 87.2 Å². The van der Waals surface area contributed by atoms with Crippen molar-refractivity contribution in [3.05, 3.63) is 0 Å².